The summed E-state index contributed by atoms with van der Waals surface area (Å²) in [6, 6.07) is 12.7. The first kappa shape index (κ1) is 23.4. The van der Waals surface area contributed by atoms with E-state index < -0.39 is 39.1 Å². The molecule has 0 saturated carbocycles. The van der Waals surface area contributed by atoms with E-state index in [2.05, 4.69) is 15.1 Å². The Morgan fingerprint density at radius 3 is 2.18 bits per heavy atom. The number of Topliss-reactive ketones (excluding diaryl/α,β-unsaturated/α-hetero) is 1. The van der Waals surface area contributed by atoms with Crippen molar-refractivity contribution in [2.45, 2.75) is 17.6 Å². The average Bonchev–Trinajstić information content (AvgIpc) is 3.13. The monoisotopic (exact) mass is 496 g/mol. The molecule has 9 nitrogen and oxygen atoms in total. The van der Waals surface area contributed by atoms with Crippen molar-refractivity contribution in [3.8, 4) is 0 Å². The molecule has 11 heteroatoms. The number of nitrogens with zero attached hydrogens (tertiary/aromatic N) is 4. The van der Waals surface area contributed by atoms with Crippen LogP contribution in [0, 0.1) is 5.92 Å². The second-order valence-corrected chi connectivity index (χ2v) is 9.88. The molecule has 1 aliphatic heterocycles. The summed E-state index contributed by atoms with van der Waals surface area (Å²) in [7, 11) is -3.74. The largest absolute Gasteiger partial charge is 0.293 e. The van der Waals surface area contributed by atoms with E-state index in [1.165, 1.54) is 67.8 Å². The lowest BCUT2D eigenvalue weighted by molar-refractivity contribution is -0.128. The lowest BCUT2D eigenvalue weighted by atomic mass is 9.93. The van der Waals surface area contributed by atoms with Crippen LogP contribution in [0.5, 0.6) is 0 Å². The van der Waals surface area contributed by atoms with Crippen molar-refractivity contribution in [3.05, 3.63) is 89.0 Å². The molecular weight excluding hydrogens is 480 g/mol. The molecule has 0 aliphatic carbocycles. The van der Waals surface area contributed by atoms with Gasteiger partial charge in [0.25, 0.3) is 11.8 Å². The standard InChI is InChI=1S/C23H17ClN4O5S/c1-14-20(23(31)28(27-14)22(30)16-3-7-17(24)8-4-16)21(29)15-5-9-18(10-6-15)34(32,33)13-19-25-11-2-12-26-19/h2-12,20H,13H2,1H3. The number of benzene rings is 2. The highest BCUT2D eigenvalue weighted by atomic mass is 35.5. The van der Waals surface area contributed by atoms with Crippen LogP contribution < -0.4 is 0 Å². The van der Waals surface area contributed by atoms with Gasteiger partial charge in [-0.05, 0) is 49.4 Å². The van der Waals surface area contributed by atoms with Gasteiger partial charge in [-0.2, -0.15) is 10.1 Å². The normalized spacial score (nSPS) is 15.8. The lowest BCUT2D eigenvalue weighted by Gasteiger charge is -2.13. The molecule has 0 saturated heterocycles. The van der Waals surface area contributed by atoms with Crippen LogP contribution in [-0.4, -0.2) is 46.7 Å². The van der Waals surface area contributed by atoms with Crippen LogP contribution >= 0.6 is 11.6 Å². The van der Waals surface area contributed by atoms with E-state index in [9.17, 15) is 22.8 Å². The predicted octanol–water partition coefficient (Wildman–Crippen LogP) is 2.96. The van der Waals surface area contributed by atoms with Gasteiger partial charge in [-0.3, -0.25) is 14.4 Å². The number of halogens is 1. The summed E-state index contributed by atoms with van der Waals surface area (Å²) in [4.78, 5) is 46.4. The molecule has 0 N–H and O–H groups in total. The number of imide groups is 1. The SMILES string of the molecule is CC1=NN(C(=O)c2ccc(Cl)cc2)C(=O)C1C(=O)c1ccc(S(=O)(=O)Cc2ncccn2)cc1. The first-order valence-corrected chi connectivity index (χ1v) is 12.0. The number of hydrogen-bond donors (Lipinski definition) is 0. The van der Waals surface area contributed by atoms with Crippen LogP contribution in [0.2, 0.25) is 5.02 Å². The van der Waals surface area contributed by atoms with Crippen LogP contribution in [0.25, 0.3) is 0 Å². The highest BCUT2D eigenvalue weighted by molar-refractivity contribution is 7.90. The van der Waals surface area contributed by atoms with Gasteiger partial charge in [-0.25, -0.2) is 18.4 Å². The molecule has 3 aromatic rings. The van der Waals surface area contributed by atoms with Gasteiger partial charge >= 0.3 is 0 Å². The summed E-state index contributed by atoms with van der Waals surface area (Å²) in [5.41, 5.74) is 0.471. The Morgan fingerprint density at radius 2 is 1.56 bits per heavy atom. The first-order chi connectivity index (χ1) is 16.2. The van der Waals surface area contributed by atoms with E-state index in [0.717, 1.165) is 0 Å². The number of hydrazone groups is 1. The van der Waals surface area contributed by atoms with Gasteiger partial charge in [0.15, 0.2) is 15.6 Å². The Kier molecular flexibility index (Phi) is 6.36. The number of aromatic nitrogens is 2. The number of hydrogen-bond acceptors (Lipinski definition) is 8. The van der Waals surface area contributed by atoms with E-state index in [1.807, 2.05) is 0 Å². The Balaban J connectivity index is 1.51. The molecule has 2 heterocycles. The summed E-state index contributed by atoms with van der Waals surface area (Å²) < 4.78 is 25.3. The molecule has 1 atom stereocenters. The molecule has 0 radical (unpaired) electrons. The van der Waals surface area contributed by atoms with Crippen LogP contribution in [0.3, 0.4) is 0 Å². The Bertz CT molecular complexity index is 1410. The van der Waals surface area contributed by atoms with Gasteiger partial charge in [0.05, 0.1) is 10.6 Å². The third-order valence-electron chi connectivity index (χ3n) is 5.11. The van der Waals surface area contributed by atoms with E-state index in [4.69, 9.17) is 11.6 Å². The second-order valence-electron chi connectivity index (χ2n) is 7.45. The quantitative estimate of drug-likeness (QED) is 0.291. The zero-order chi connectivity index (χ0) is 24.5. The third kappa shape index (κ3) is 4.63. The zero-order valence-electron chi connectivity index (χ0n) is 17.8. The van der Waals surface area contributed by atoms with Crippen molar-refractivity contribution in [3.63, 3.8) is 0 Å². The minimum atomic E-state index is -3.74. The van der Waals surface area contributed by atoms with Crippen molar-refractivity contribution in [1.82, 2.24) is 15.0 Å². The predicted molar refractivity (Wildman–Crippen MR) is 123 cm³/mol. The topological polar surface area (TPSA) is 127 Å². The maximum absolute atomic E-state index is 13.0. The second kappa shape index (κ2) is 9.24. The number of rotatable bonds is 6. The van der Waals surface area contributed by atoms with Crippen molar-refractivity contribution < 1.29 is 22.8 Å². The van der Waals surface area contributed by atoms with Gasteiger partial charge in [0.1, 0.15) is 17.5 Å². The molecule has 34 heavy (non-hydrogen) atoms. The first-order valence-electron chi connectivity index (χ1n) is 9.99. The van der Waals surface area contributed by atoms with E-state index in [1.54, 1.807) is 6.07 Å². The van der Waals surface area contributed by atoms with Crippen molar-refractivity contribution in [2.24, 2.45) is 11.0 Å². The van der Waals surface area contributed by atoms with Gasteiger partial charge < -0.3 is 0 Å². The summed E-state index contributed by atoms with van der Waals surface area (Å²) in [6.45, 7) is 1.48. The summed E-state index contributed by atoms with van der Waals surface area (Å²) in [5.74, 6) is -3.57. The van der Waals surface area contributed by atoms with Crippen molar-refractivity contribution in [1.29, 1.82) is 0 Å². The number of ketones is 1. The Labute approximate surface area is 200 Å². The molecule has 1 unspecified atom stereocenters. The molecule has 2 aromatic carbocycles. The molecule has 0 fully saturated rings. The van der Waals surface area contributed by atoms with Crippen LogP contribution in [0.1, 0.15) is 33.5 Å². The van der Waals surface area contributed by atoms with Gasteiger partial charge in [-0.15, -0.1) is 0 Å². The number of carbonyl (C=O) groups is 3. The zero-order valence-corrected chi connectivity index (χ0v) is 19.3. The lowest BCUT2D eigenvalue weighted by Crippen LogP contribution is -2.36. The third-order valence-corrected chi connectivity index (χ3v) is 6.99. The molecule has 1 aliphatic rings. The van der Waals surface area contributed by atoms with E-state index >= 15 is 0 Å². The number of sulfone groups is 1. The highest BCUT2D eigenvalue weighted by Crippen LogP contribution is 2.24. The number of amides is 2. The smallest absolute Gasteiger partial charge is 0.281 e. The van der Waals surface area contributed by atoms with Gasteiger partial charge in [0, 0.05) is 28.5 Å². The fraction of sp³-hybridized carbons (Fsp3) is 0.130. The summed E-state index contributed by atoms with van der Waals surface area (Å²) >= 11 is 5.83. The van der Waals surface area contributed by atoms with Gasteiger partial charge in [0.2, 0.25) is 0 Å². The van der Waals surface area contributed by atoms with Crippen LogP contribution in [0.15, 0.2) is 77.0 Å². The average molecular weight is 497 g/mol. The molecule has 4 rings (SSSR count). The minimum absolute atomic E-state index is 0.0146. The van der Waals surface area contributed by atoms with Crippen LogP contribution in [0.4, 0.5) is 0 Å². The molecule has 2 amide bonds. The molecule has 0 spiro atoms. The molecule has 172 valence electrons. The van der Waals surface area contributed by atoms with Gasteiger partial charge in [-0.1, -0.05) is 23.7 Å². The summed E-state index contributed by atoms with van der Waals surface area (Å²) in [5, 5.41) is 5.08. The van der Waals surface area contributed by atoms with E-state index in [0.29, 0.717) is 10.0 Å². The Hall–Kier alpha value is -3.76. The molecule has 0 bridgehead atoms. The van der Waals surface area contributed by atoms with Crippen molar-refractivity contribution >= 4 is 44.7 Å². The fourth-order valence-electron chi connectivity index (χ4n) is 3.38. The maximum atomic E-state index is 13.0. The van der Waals surface area contributed by atoms with Crippen LogP contribution in [-0.2, 0) is 20.4 Å². The fourth-order valence-corrected chi connectivity index (χ4v) is 4.71. The highest BCUT2D eigenvalue weighted by Gasteiger charge is 2.42. The maximum Gasteiger partial charge on any atom is 0.281 e. The van der Waals surface area contributed by atoms with E-state index in [-0.39, 0.29) is 27.6 Å². The minimum Gasteiger partial charge on any atom is -0.293 e. The summed E-state index contributed by atoms with van der Waals surface area (Å²) in [6.07, 6.45) is 2.90. The Morgan fingerprint density at radius 1 is 0.971 bits per heavy atom. The van der Waals surface area contributed by atoms with Crippen molar-refractivity contribution in [2.75, 3.05) is 0 Å². The number of carbonyl (C=O) groups excluding carboxylic acids is 3. The molecular formula is C23H17ClN4O5S. The molecule has 1 aromatic heterocycles.